The minimum atomic E-state index is 0.467. The molecule has 2 aromatic carbocycles. The molecule has 0 spiro atoms. The lowest BCUT2D eigenvalue weighted by Crippen LogP contribution is -1.97. The Hall–Kier alpha value is -1.42. The molecule has 2 aromatic rings. The predicted octanol–water partition coefficient (Wildman–Crippen LogP) is 5.88. The van der Waals surface area contributed by atoms with E-state index in [0.717, 1.165) is 17.7 Å². The van der Waals surface area contributed by atoms with Gasteiger partial charge in [-0.1, -0.05) is 41.7 Å². The van der Waals surface area contributed by atoms with Crippen LogP contribution in [0.15, 0.2) is 41.5 Å². The number of hydrazone groups is 1. The van der Waals surface area contributed by atoms with E-state index in [1.54, 1.807) is 30.5 Å². The van der Waals surface area contributed by atoms with Gasteiger partial charge in [-0.05, 0) is 48.4 Å². The first-order valence-corrected chi connectivity index (χ1v) is 7.90. The van der Waals surface area contributed by atoms with E-state index in [1.807, 2.05) is 19.1 Å². The average molecular weight is 358 g/mol. The van der Waals surface area contributed by atoms with Crippen molar-refractivity contribution in [3.63, 3.8) is 0 Å². The van der Waals surface area contributed by atoms with Crippen LogP contribution in [0.4, 0.5) is 5.69 Å². The van der Waals surface area contributed by atoms with Crippen molar-refractivity contribution in [1.82, 2.24) is 0 Å². The van der Waals surface area contributed by atoms with E-state index in [1.165, 1.54) is 0 Å². The summed E-state index contributed by atoms with van der Waals surface area (Å²) in [6, 6.07) is 10.7. The highest BCUT2D eigenvalue weighted by Gasteiger charge is 2.08. The van der Waals surface area contributed by atoms with Crippen molar-refractivity contribution in [3.05, 3.63) is 57.0 Å². The van der Waals surface area contributed by atoms with E-state index in [-0.39, 0.29) is 0 Å². The maximum atomic E-state index is 6.18. The lowest BCUT2D eigenvalue weighted by atomic mass is 10.2. The van der Waals surface area contributed by atoms with Crippen LogP contribution in [0.3, 0.4) is 0 Å². The molecule has 0 amide bonds. The summed E-state index contributed by atoms with van der Waals surface area (Å²) in [6.07, 6.45) is 2.52. The van der Waals surface area contributed by atoms with Gasteiger partial charge < -0.3 is 4.74 Å². The topological polar surface area (TPSA) is 33.6 Å². The molecule has 0 bridgehead atoms. The number of anilines is 1. The number of benzene rings is 2. The molecule has 6 heteroatoms. The molecular weight excluding hydrogens is 343 g/mol. The summed E-state index contributed by atoms with van der Waals surface area (Å²) in [6.45, 7) is 2.59. The van der Waals surface area contributed by atoms with Crippen molar-refractivity contribution >= 4 is 46.7 Å². The third-order valence-electron chi connectivity index (χ3n) is 2.72. The van der Waals surface area contributed by atoms with Gasteiger partial charge in [0, 0.05) is 5.02 Å². The largest absolute Gasteiger partial charge is 0.490 e. The number of rotatable bonds is 6. The van der Waals surface area contributed by atoms with Gasteiger partial charge in [0.25, 0.3) is 0 Å². The standard InChI is InChI=1S/C16H15Cl3N2O/c1-2-7-22-16-14(18)8-11(9-15(16)19)10-20-21-13-5-3-12(17)4-6-13/h3-6,8-10,21H,2,7H2,1H3/b20-10+. The minimum Gasteiger partial charge on any atom is -0.490 e. The third-order valence-corrected chi connectivity index (χ3v) is 3.54. The van der Waals surface area contributed by atoms with Gasteiger partial charge in [0.2, 0.25) is 0 Å². The highest BCUT2D eigenvalue weighted by molar-refractivity contribution is 6.37. The van der Waals surface area contributed by atoms with Crippen molar-refractivity contribution < 1.29 is 4.74 Å². The summed E-state index contributed by atoms with van der Waals surface area (Å²) in [7, 11) is 0. The summed E-state index contributed by atoms with van der Waals surface area (Å²) in [4.78, 5) is 0. The molecule has 0 unspecified atom stereocenters. The van der Waals surface area contributed by atoms with Gasteiger partial charge in [0.05, 0.1) is 28.6 Å². The Bertz CT molecular complexity index is 634. The minimum absolute atomic E-state index is 0.467. The third kappa shape index (κ3) is 4.80. The number of halogens is 3. The molecule has 22 heavy (non-hydrogen) atoms. The number of ether oxygens (including phenoxy) is 1. The second-order valence-electron chi connectivity index (χ2n) is 4.54. The fraction of sp³-hybridized carbons (Fsp3) is 0.188. The molecule has 0 heterocycles. The second kappa shape index (κ2) is 8.28. The van der Waals surface area contributed by atoms with E-state index < -0.39 is 0 Å². The molecule has 0 radical (unpaired) electrons. The zero-order valence-electron chi connectivity index (χ0n) is 11.9. The number of nitrogens with zero attached hydrogens (tertiary/aromatic N) is 1. The van der Waals surface area contributed by atoms with Gasteiger partial charge in [0.15, 0.2) is 5.75 Å². The maximum Gasteiger partial charge on any atom is 0.156 e. The molecule has 0 aromatic heterocycles. The molecule has 0 fully saturated rings. The van der Waals surface area contributed by atoms with Gasteiger partial charge in [-0.2, -0.15) is 5.10 Å². The van der Waals surface area contributed by atoms with Gasteiger partial charge >= 0.3 is 0 Å². The Kier molecular flexibility index (Phi) is 6.37. The van der Waals surface area contributed by atoms with Gasteiger partial charge in [-0.3, -0.25) is 5.43 Å². The Labute approximate surface area is 144 Å². The Morgan fingerprint density at radius 1 is 1.09 bits per heavy atom. The molecular formula is C16H15Cl3N2O. The van der Waals surface area contributed by atoms with E-state index in [9.17, 15) is 0 Å². The summed E-state index contributed by atoms with van der Waals surface area (Å²) in [5.74, 6) is 0.507. The van der Waals surface area contributed by atoms with E-state index in [0.29, 0.717) is 27.4 Å². The molecule has 3 nitrogen and oxygen atoms in total. The van der Waals surface area contributed by atoms with Crippen LogP contribution in [0, 0.1) is 0 Å². The van der Waals surface area contributed by atoms with Crippen molar-refractivity contribution in [2.75, 3.05) is 12.0 Å². The molecule has 0 saturated heterocycles. The molecule has 116 valence electrons. The van der Waals surface area contributed by atoms with Gasteiger partial charge in [-0.15, -0.1) is 0 Å². The molecule has 0 aliphatic rings. The van der Waals surface area contributed by atoms with Crippen molar-refractivity contribution in [2.45, 2.75) is 13.3 Å². The average Bonchev–Trinajstić information content (AvgIpc) is 2.48. The van der Waals surface area contributed by atoms with Crippen LogP contribution < -0.4 is 10.2 Å². The fourth-order valence-corrected chi connectivity index (χ4v) is 2.44. The van der Waals surface area contributed by atoms with Crippen LogP contribution in [0.25, 0.3) is 0 Å². The summed E-state index contributed by atoms with van der Waals surface area (Å²) >= 11 is 18.2. The van der Waals surface area contributed by atoms with Crippen LogP contribution in [-0.4, -0.2) is 12.8 Å². The lowest BCUT2D eigenvalue weighted by Gasteiger charge is -2.09. The maximum absolute atomic E-state index is 6.18. The highest BCUT2D eigenvalue weighted by atomic mass is 35.5. The van der Waals surface area contributed by atoms with Crippen LogP contribution in [-0.2, 0) is 0 Å². The van der Waals surface area contributed by atoms with Crippen molar-refractivity contribution in [2.24, 2.45) is 5.10 Å². The first-order valence-electron chi connectivity index (χ1n) is 6.76. The first kappa shape index (κ1) is 16.9. The Morgan fingerprint density at radius 3 is 2.32 bits per heavy atom. The first-order chi connectivity index (χ1) is 10.6. The van der Waals surface area contributed by atoms with E-state index in [4.69, 9.17) is 39.5 Å². The van der Waals surface area contributed by atoms with Crippen LogP contribution >= 0.6 is 34.8 Å². The smallest absolute Gasteiger partial charge is 0.156 e. The molecule has 0 saturated carbocycles. The molecule has 0 aliphatic carbocycles. The number of hydrogen-bond donors (Lipinski definition) is 1. The van der Waals surface area contributed by atoms with Crippen LogP contribution in [0.5, 0.6) is 5.75 Å². The van der Waals surface area contributed by atoms with E-state index >= 15 is 0 Å². The summed E-state index contributed by atoms with van der Waals surface area (Å²) < 4.78 is 5.52. The Balaban J connectivity index is 2.06. The molecule has 1 N–H and O–H groups in total. The normalized spacial score (nSPS) is 10.9. The highest BCUT2D eigenvalue weighted by Crippen LogP contribution is 2.33. The number of nitrogens with one attached hydrogen (secondary N) is 1. The molecule has 0 aliphatic heterocycles. The monoisotopic (exact) mass is 356 g/mol. The lowest BCUT2D eigenvalue weighted by molar-refractivity contribution is 0.318. The summed E-state index contributed by atoms with van der Waals surface area (Å²) in [5.41, 5.74) is 4.51. The van der Waals surface area contributed by atoms with Gasteiger partial charge in [-0.25, -0.2) is 0 Å². The van der Waals surface area contributed by atoms with Crippen LogP contribution in [0.2, 0.25) is 15.1 Å². The quantitative estimate of drug-likeness (QED) is 0.517. The fourth-order valence-electron chi connectivity index (χ4n) is 1.70. The SMILES string of the molecule is CCCOc1c(Cl)cc(/C=N/Nc2ccc(Cl)cc2)cc1Cl. The van der Waals surface area contributed by atoms with E-state index in [2.05, 4.69) is 10.5 Å². The predicted molar refractivity (Wildman–Crippen MR) is 94.9 cm³/mol. The van der Waals surface area contributed by atoms with Crippen LogP contribution in [0.1, 0.15) is 18.9 Å². The van der Waals surface area contributed by atoms with Crippen molar-refractivity contribution in [1.29, 1.82) is 0 Å². The second-order valence-corrected chi connectivity index (χ2v) is 5.79. The molecule has 2 rings (SSSR count). The zero-order valence-corrected chi connectivity index (χ0v) is 14.2. The Morgan fingerprint density at radius 2 is 1.73 bits per heavy atom. The summed E-state index contributed by atoms with van der Waals surface area (Å²) in [5, 5.41) is 5.75. The van der Waals surface area contributed by atoms with Crippen molar-refractivity contribution in [3.8, 4) is 5.75 Å². The zero-order chi connectivity index (χ0) is 15.9. The molecule has 0 atom stereocenters. The number of hydrogen-bond acceptors (Lipinski definition) is 3. The van der Waals surface area contributed by atoms with Gasteiger partial charge in [0.1, 0.15) is 0 Å².